The number of carbonyl (C=O) groups excluding carboxylic acids is 1. The maximum atomic E-state index is 11.9. The maximum absolute atomic E-state index is 11.9. The van der Waals surface area contributed by atoms with Crippen LogP contribution in [0.1, 0.15) is 23.2 Å². The van der Waals surface area contributed by atoms with Crippen LogP contribution in [-0.4, -0.2) is 29.0 Å². The summed E-state index contributed by atoms with van der Waals surface area (Å²) in [6.45, 7) is 0. The number of Topliss-reactive ketones (excluding diaryl/α,β-unsaturated/α-hetero) is 1. The van der Waals surface area contributed by atoms with Crippen LogP contribution in [0.3, 0.4) is 0 Å². The van der Waals surface area contributed by atoms with Gasteiger partial charge in [0.1, 0.15) is 12.4 Å². The van der Waals surface area contributed by atoms with Crippen molar-refractivity contribution in [2.24, 2.45) is 5.92 Å². The van der Waals surface area contributed by atoms with E-state index in [9.17, 15) is 4.79 Å². The lowest BCUT2D eigenvalue weighted by atomic mass is 10.1. The highest BCUT2D eigenvalue weighted by atomic mass is 16.5. The van der Waals surface area contributed by atoms with Crippen molar-refractivity contribution in [2.75, 3.05) is 7.11 Å². The first-order chi connectivity index (χ1) is 6.83. The molecule has 0 amide bonds. The van der Waals surface area contributed by atoms with Crippen molar-refractivity contribution >= 4 is 5.78 Å². The molecular formula is C10H12N2O2. The Balaban J connectivity index is 2.14. The highest BCUT2D eigenvalue weighted by Crippen LogP contribution is 2.35. The molecule has 0 aromatic carbocycles. The van der Waals surface area contributed by atoms with Crippen molar-refractivity contribution in [2.45, 2.75) is 18.9 Å². The zero-order chi connectivity index (χ0) is 9.97. The minimum absolute atomic E-state index is 0.00407. The Morgan fingerprint density at radius 1 is 1.50 bits per heavy atom. The van der Waals surface area contributed by atoms with Gasteiger partial charge >= 0.3 is 0 Å². The van der Waals surface area contributed by atoms with Gasteiger partial charge in [-0.1, -0.05) is 0 Å². The third-order valence-corrected chi connectivity index (χ3v) is 2.41. The summed E-state index contributed by atoms with van der Waals surface area (Å²) >= 11 is 0. The van der Waals surface area contributed by atoms with E-state index in [0.29, 0.717) is 11.5 Å². The first-order valence-corrected chi connectivity index (χ1v) is 4.65. The largest absolute Gasteiger partial charge is 0.373 e. The van der Waals surface area contributed by atoms with E-state index in [1.807, 2.05) is 0 Å². The highest BCUT2D eigenvalue weighted by Gasteiger charge is 2.36. The Morgan fingerprint density at radius 2 is 2.14 bits per heavy atom. The fourth-order valence-electron chi connectivity index (χ4n) is 1.50. The first-order valence-electron chi connectivity index (χ1n) is 4.65. The summed E-state index contributed by atoms with van der Waals surface area (Å²) < 4.78 is 5.19. The molecular weight excluding hydrogens is 180 g/mol. The van der Waals surface area contributed by atoms with Crippen LogP contribution in [0.2, 0.25) is 0 Å². The van der Waals surface area contributed by atoms with Crippen molar-refractivity contribution < 1.29 is 9.53 Å². The van der Waals surface area contributed by atoms with Gasteiger partial charge in [-0.15, -0.1) is 0 Å². The average molecular weight is 192 g/mol. The molecule has 1 fully saturated rings. The number of ether oxygens (including phenoxy) is 1. The molecule has 1 aliphatic carbocycles. The van der Waals surface area contributed by atoms with Gasteiger partial charge in [-0.2, -0.15) is 0 Å². The van der Waals surface area contributed by atoms with Crippen LogP contribution >= 0.6 is 0 Å². The van der Waals surface area contributed by atoms with Crippen molar-refractivity contribution in [3.8, 4) is 0 Å². The fraction of sp³-hybridized carbons (Fsp3) is 0.500. The number of methoxy groups -OCH3 is 1. The van der Waals surface area contributed by atoms with Gasteiger partial charge in [-0.05, 0) is 18.8 Å². The third kappa shape index (κ3) is 1.80. The Bertz CT molecular complexity index is 322. The molecule has 0 radical (unpaired) electrons. The maximum Gasteiger partial charge on any atom is 0.194 e. The van der Waals surface area contributed by atoms with E-state index in [-0.39, 0.29) is 11.9 Å². The predicted molar refractivity (Wildman–Crippen MR) is 49.9 cm³/mol. The molecule has 0 spiro atoms. The minimum atomic E-state index is -0.305. The molecule has 0 aliphatic heterocycles. The molecule has 4 heteroatoms. The Morgan fingerprint density at radius 3 is 2.64 bits per heavy atom. The summed E-state index contributed by atoms with van der Waals surface area (Å²) in [5.41, 5.74) is 0.534. The summed E-state index contributed by atoms with van der Waals surface area (Å²) in [5.74, 6) is 0.392. The lowest BCUT2D eigenvalue weighted by molar-refractivity contribution is 0.0539. The summed E-state index contributed by atoms with van der Waals surface area (Å²) in [7, 11) is 1.57. The quantitative estimate of drug-likeness (QED) is 0.670. The monoisotopic (exact) mass is 192 g/mol. The average Bonchev–Trinajstić information content (AvgIpc) is 3.04. The molecule has 1 atom stereocenters. The van der Waals surface area contributed by atoms with Crippen molar-refractivity contribution in [3.05, 3.63) is 24.3 Å². The molecule has 1 aromatic rings. The SMILES string of the molecule is COC(C(=O)c1cncnc1)C1CC1. The normalized spacial score (nSPS) is 17.8. The molecule has 0 N–H and O–H groups in total. The van der Waals surface area contributed by atoms with Gasteiger partial charge in [0.15, 0.2) is 5.78 Å². The van der Waals surface area contributed by atoms with Crippen LogP contribution < -0.4 is 0 Å². The second-order valence-corrected chi connectivity index (χ2v) is 3.49. The molecule has 1 aliphatic rings. The Labute approximate surface area is 82.3 Å². The van der Waals surface area contributed by atoms with Crippen molar-refractivity contribution in [1.82, 2.24) is 9.97 Å². The molecule has 1 aromatic heterocycles. The van der Waals surface area contributed by atoms with E-state index in [1.165, 1.54) is 18.7 Å². The number of carbonyl (C=O) groups is 1. The third-order valence-electron chi connectivity index (χ3n) is 2.41. The molecule has 14 heavy (non-hydrogen) atoms. The van der Waals surface area contributed by atoms with Gasteiger partial charge in [-0.25, -0.2) is 9.97 Å². The summed E-state index contributed by atoms with van der Waals surface area (Å²) in [5, 5.41) is 0. The van der Waals surface area contributed by atoms with Gasteiger partial charge in [0, 0.05) is 19.5 Å². The number of hydrogen-bond acceptors (Lipinski definition) is 4. The second-order valence-electron chi connectivity index (χ2n) is 3.49. The van der Waals surface area contributed by atoms with Crippen LogP contribution in [-0.2, 0) is 4.74 Å². The van der Waals surface area contributed by atoms with E-state index in [0.717, 1.165) is 12.8 Å². The number of nitrogens with zero attached hydrogens (tertiary/aromatic N) is 2. The van der Waals surface area contributed by atoms with Gasteiger partial charge in [0.05, 0.1) is 5.56 Å². The molecule has 1 saturated carbocycles. The fourth-order valence-corrected chi connectivity index (χ4v) is 1.50. The van der Waals surface area contributed by atoms with Crippen LogP contribution in [0.5, 0.6) is 0 Å². The molecule has 0 bridgehead atoms. The Kier molecular flexibility index (Phi) is 2.54. The smallest absolute Gasteiger partial charge is 0.194 e. The summed E-state index contributed by atoms with van der Waals surface area (Å²) in [6, 6.07) is 0. The lowest BCUT2D eigenvalue weighted by Gasteiger charge is -2.11. The number of rotatable bonds is 4. The molecule has 0 saturated heterocycles. The van der Waals surface area contributed by atoms with Crippen LogP contribution in [0.15, 0.2) is 18.7 Å². The summed E-state index contributed by atoms with van der Waals surface area (Å²) in [6.07, 6.45) is 6.33. The highest BCUT2D eigenvalue weighted by molar-refractivity contribution is 5.99. The first kappa shape index (κ1) is 9.27. The van der Waals surface area contributed by atoms with E-state index in [4.69, 9.17) is 4.74 Å². The van der Waals surface area contributed by atoms with Crippen LogP contribution in [0, 0.1) is 5.92 Å². The standard InChI is InChI=1S/C10H12N2O2/c1-14-10(7-2-3-7)9(13)8-4-11-6-12-5-8/h4-7,10H,2-3H2,1H3. The molecule has 1 unspecified atom stereocenters. The second kappa shape index (κ2) is 3.84. The van der Waals surface area contributed by atoms with Gasteiger partial charge in [-0.3, -0.25) is 4.79 Å². The molecule has 1 heterocycles. The van der Waals surface area contributed by atoms with Crippen LogP contribution in [0.25, 0.3) is 0 Å². The molecule has 74 valence electrons. The molecule has 4 nitrogen and oxygen atoms in total. The number of ketones is 1. The van der Waals surface area contributed by atoms with Crippen LogP contribution in [0.4, 0.5) is 0 Å². The number of aromatic nitrogens is 2. The topological polar surface area (TPSA) is 52.1 Å². The molecule has 2 rings (SSSR count). The van der Waals surface area contributed by atoms with Crippen molar-refractivity contribution in [1.29, 1.82) is 0 Å². The minimum Gasteiger partial charge on any atom is -0.373 e. The lowest BCUT2D eigenvalue weighted by Crippen LogP contribution is -2.25. The van der Waals surface area contributed by atoms with Gasteiger partial charge < -0.3 is 4.74 Å². The Hall–Kier alpha value is -1.29. The van der Waals surface area contributed by atoms with Gasteiger partial charge in [0.2, 0.25) is 0 Å². The van der Waals surface area contributed by atoms with E-state index < -0.39 is 0 Å². The summed E-state index contributed by atoms with van der Waals surface area (Å²) in [4.78, 5) is 19.5. The van der Waals surface area contributed by atoms with E-state index in [2.05, 4.69) is 9.97 Å². The number of hydrogen-bond donors (Lipinski definition) is 0. The zero-order valence-corrected chi connectivity index (χ0v) is 8.01. The zero-order valence-electron chi connectivity index (χ0n) is 8.01. The van der Waals surface area contributed by atoms with Crippen molar-refractivity contribution in [3.63, 3.8) is 0 Å². The predicted octanol–water partition coefficient (Wildman–Crippen LogP) is 1.08. The van der Waals surface area contributed by atoms with E-state index >= 15 is 0 Å². The van der Waals surface area contributed by atoms with E-state index in [1.54, 1.807) is 7.11 Å². The van der Waals surface area contributed by atoms with Gasteiger partial charge in [0.25, 0.3) is 0 Å².